The molecule has 1 rings (SSSR count). The van der Waals surface area contributed by atoms with Crippen molar-refractivity contribution >= 4 is 6.09 Å². The maximum Gasteiger partial charge on any atom is 0.407 e. The van der Waals surface area contributed by atoms with Crippen LogP contribution >= 0.6 is 0 Å². The molecule has 0 unspecified atom stereocenters. The van der Waals surface area contributed by atoms with Gasteiger partial charge < -0.3 is 15.2 Å². The number of aliphatic hydroxyl groups is 1. The van der Waals surface area contributed by atoms with Gasteiger partial charge in [-0.2, -0.15) is 0 Å². The zero-order valence-corrected chi connectivity index (χ0v) is 11.2. The van der Waals surface area contributed by atoms with Crippen LogP contribution in [0, 0.1) is 0 Å². The van der Waals surface area contributed by atoms with Crippen LogP contribution in [0.2, 0.25) is 0 Å². The van der Waals surface area contributed by atoms with E-state index in [-0.39, 0.29) is 13.2 Å². The molecule has 0 aliphatic rings. The molecule has 0 radical (unpaired) electrons. The van der Waals surface area contributed by atoms with Crippen LogP contribution in [0.3, 0.4) is 0 Å². The van der Waals surface area contributed by atoms with Gasteiger partial charge in [0.1, 0.15) is 6.61 Å². The van der Waals surface area contributed by atoms with E-state index in [2.05, 4.69) is 5.32 Å². The van der Waals surface area contributed by atoms with Crippen molar-refractivity contribution < 1.29 is 14.6 Å². The number of nitrogens with one attached hydrogen (secondary N) is 1. The molecule has 4 heteroatoms. The molecule has 0 aromatic heterocycles. The average molecular weight is 253 g/mol. The van der Waals surface area contributed by atoms with Gasteiger partial charge in [-0.05, 0) is 18.4 Å². The molecule has 0 aliphatic carbocycles. The summed E-state index contributed by atoms with van der Waals surface area (Å²) in [4.78, 5) is 11.2. The summed E-state index contributed by atoms with van der Waals surface area (Å²) >= 11 is 0. The molecular formula is C14H23NO3. The summed E-state index contributed by atoms with van der Waals surface area (Å²) in [5, 5.41) is 11.2. The molecule has 0 atom stereocenters. The summed E-state index contributed by atoms with van der Waals surface area (Å²) in [6, 6.07) is 9.52. The summed E-state index contributed by atoms with van der Waals surface area (Å²) in [5.41, 5.74) is 0.966. The van der Waals surface area contributed by atoms with Crippen LogP contribution in [-0.4, -0.2) is 24.4 Å². The molecule has 0 bridgehead atoms. The smallest absolute Gasteiger partial charge is 0.407 e. The van der Waals surface area contributed by atoms with E-state index < -0.39 is 6.09 Å². The molecule has 1 aromatic carbocycles. The molecule has 0 spiro atoms. The van der Waals surface area contributed by atoms with Gasteiger partial charge in [0, 0.05) is 13.2 Å². The minimum Gasteiger partial charge on any atom is -0.445 e. The number of amides is 1. The van der Waals surface area contributed by atoms with E-state index in [1.54, 1.807) is 0 Å². The first kappa shape index (κ1) is 16.4. The molecular weight excluding hydrogens is 230 g/mol. The molecule has 0 saturated heterocycles. The molecule has 2 N–H and O–H groups in total. The Kier molecular flexibility index (Phi) is 10.9. The second kappa shape index (κ2) is 11.9. The van der Waals surface area contributed by atoms with Gasteiger partial charge in [0.05, 0.1) is 0 Å². The van der Waals surface area contributed by atoms with Crippen LogP contribution < -0.4 is 5.32 Å². The maximum absolute atomic E-state index is 11.2. The third kappa shape index (κ3) is 8.58. The Hall–Kier alpha value is -1.55. The highest BCUT2D eigenvalue weighted by molar-refractivity contribution is 5.67. The van der Waals surface area contributed by atoms with Gasteiger partial charge in [-0.3, -0.25) is 0 Å². The first-order valence-corrected chi connectivity index (χ1v) is 6.38. The van der Waals surface area contributed by atoms with E-state index in [0.717, 1.165) is 12.0 Å². The summed E-state index contributed by atoms with van der Waals surface area (Å²) in [6.07, 6.45) is 1.04. The van der Waals surface area contributed by atoms with E-state index in [9.17, 15) is 4.79 Å². The largest absolute Gasteiger partial charge is 0.445 e. The molecule has 1 amide bonds. The SMILES string of the molecule is CC.O=C(NCCCCO)OCc1ccccc1. The number of alkyl carbamates (subject to hydrolysis) is 1. The minimum absolute atomic E-state index is 0.154. The monoisotopic (exact) mass is 253 g/mol. The summed E-state index contributed by atoms with van der Waals surface area (Å²) < 4.78 is 5.00. The van der Waals surface area contributed by atoms with Crippen molar-refractivity contribution in [3.63, 3.8) is 0 Å². The number of hydrogen-bond donors (Lipinski definition) is 2. The Labute approximate surface area is 109 Å². The molecule has 0 aliphatic heterocycles. The number of carbonyl (C=O) groups excluding carboxylic acids is 1. The zero-order valence-electron chi connectivity index (χ0n) is 11.2. The second-order valence-corrected chi connectivity index (χ2v) is 3.42. The number of hydrogen-bond acceptors (Lipinski definition) is 3. The number of carbonyl (C=O) groups is 1. The fourth-order valence-corrected chi connectivity index (χ4v) is 1.20. The molecule has 0 saturated carbocycles. The summed E-state index contributed by atoms with van der Waals surface area (Å²) in [5.74, 6) is 0. The van der Waals surface area contributed by atoms with E-state index in [1.807, 2.05) is 44.2 Å². The number of benzene rings is 1. The maximum atomic E-state index is 11.2. The lowest BCUT2D eigenvalue weighted by molar-refractivity contribution is 0.139. The first-order valence-electron chi connectivity index (χ1n) is 6.38. The second-order valence-electron chi connectivity index (χ2n) is 3.42. The molecule has 18 heavy (non-hydrogen) atoms. The molecule has 0 fully saturated rings. The number of ether oxygens (including phenoxy) is 1. The van der Waals surface area contributed by atoms with Crippen LogP contribution in [-0.2, 0) is 11.3 Å². The predicted octanol–water partition coefficient (Wildman–Crippen LogP) is 2.71. The normalized spacial score (nSPS) is 9.06. The van der Waals surface area contributed by atoms with Gasteiger partial charge in [0.2, 0.25) is 0 Å². The highest BCUT2D eigenvalue weighted by Gasteiger charge is 2.00. The molecule has 1 aromatic rings. The van der Waals surface area contributed by atoms with Crippen LogP contribution in [0.25, 0.3) is 0 Å². The molecule has 4 nitrogen and oxygen atoms in total. The van der Waals surface area contributed by atoms with Crippen molar-refractivity contribution in [2.45, 2.75) is 33.3 Å². The third-order valence-electron chi connectivity index (χ3n) is 2.07. The van der Waals surface area contributed by atoms with Crippen LogP contribution in [0.4, 0.5) is 4.79 Å². The predicted molar refractivity (Wildman–Crippen MR) is 72.3 cm³/mol. The lowest BCUT2D eigenvalue weighted by atomic mass is 10.2. The minimum atomic E-state index is -0.415. The average Bonchev–Trinajstić information content (AvgIpc) is 2.45. The molecule has 102 valence electrons. The van der Waals surface area contributed by atoms with E-state index in [0.29, 0.717) is 13.0 Å². The van der Waals surface area contributed by atoms with Crippen molar-refractivity contribution in [3.8, 4) is 0 Å². The number of rotatable bonds is 6. The first-order chi connectivity index (χ1) is 8.83. The highest BCUT2D eigenvalue weighted by atomic mass is 16.5. The van der Waals surface area contributed by atoms with Crippen LogP contribution in [0.15, 0.2) is 30.3 Å². The van der Waals surface area contributed by atoms with Gasteiger partial charge in [0.25, 0.3) is 0 Å². The fourth-order valence-electron chi connectivity index (χ4n) is 1.20. The van der Waals surface area contributed by atoms with E-state index >= 15 is 0 Å². The molecule has 0 heterocycles. The van der Waals surface area contributed by atoms with Gasteiger partial charge in [-0.15, -0.1) is 0 Å². The Morgan fingerprint density at radius 1 is 1.22 bits per heavy atom. The topological polar surface area (TPSA) is 58.6 Å². The lowest BCUT2D eigenvalue weighted by Gasteiger charge is -2.06. The Balaban J connectivity index is 0.00000137. The van der Waals surface area contributed by atoms with Crippen molar-refractivity contribution in [1.29, 1.82) is 0 Å². The van der Waals surface area contributed by atoms with Crippen molar-refractivity contribution in [3.05, 3.63) is 35.9 Å². The standard InChI is InChI=1S/C12H17NO3.C2H6/c14-9-5-4-8-13-12(15)16-10-11-6-2-1-3-7-11;1-2/h1-3,6-7,14H,4-5,8-10H2,(H,13,15);1-2H3. The van der Waals surface area contributed by atoms with Crippen molar-refractivity contribution in [2.75, 3.05) is 13.2 Å². The Morgan fingerprint density at radius 3 is 2.50 bits per heavy atom. The fraction of sp³-hybridized carbons (Fsp3) is 0.500. The van der Waals surface area contributed by atoms with E-state index in [1.165, 1.54) is 0 Å². The van der Waals surface area contributed by atoms with Gasteiger partial charge in [0.15, 0.2) is 0 Å². The Morgan fingerprint density at radius 2 is 1.89 bits per heavy atom. The van der Waals surface area contributed by atoms with Gasteiger partial charge in [-0.1, -0.05) is 44.2 Å². The van der Waals surface area contributed by atoms with Gasteiger partial charge >= 0.3 is 6.09 Å². The number of unbranched alkanes of at least 4 members (excludes halogenated alkanes) is 1. The van der Waals surface area contributed by atoms with Crippen molar-refractivity contribution in [1.82, 2.24) is 5.32 Å². The zero-order chi connectivity index (χ0) is 13.6. The summed E-state index contributed by atoms with van der Waals surface area (Å²) in [7, 11) is 0. The Bertz CT molecular complexity index is 301. The highest BCUT2D eigenvalue weighted by Crippen LogP contribution is 2.00. The van der Waals surface area contributed by atoms with Crippen molar-refractivity contribution in [2.24, 2.45) is 0 Å². The summed E-state index contributed by atoms with van der Waals surface area (Å²) in [6.45, 7) is 4.97. The van der Waals surface area contributed by atoms with Gasteiger partial charge in [-0.25, -0.2) is 4.79 Å². The lowest BCUT2D eigenvalue weighted by Crippen LogP contribution is -2.25. The third-order valence-corrected chi connectivity index (χ3v) is 2.07. The number of aliphatic hydroxyl groups excluding tert-OH is 1. The van der Waals surface area contributed by atoms with Crippen LogP contribution in [0.5, 0.6) is 0 Å². The van der Waals surface area contributed by atoms with Crippen LogP contribution in [0.1, 0.15) is 32.3 Å². The van der Waals surface area contributed by atoms with E-state index in [4.69, 9.17) is 9.84 Å². The quantitative estimate of drug-likeness (QED) is 0.766.